The zero-order valence-electron chi connectivity index (χ0n) is 23.7. The van der Waals surface area contributed by atoms with Crippen molar-refractivity contribution in [1.29, 1.82) is 0 Å². The summed E-state index contributed by atoms with van der Waals surface area (Å²) in [7, 11) is 0. The van der Waals surface area contributed by atoms with Gasteiger partial charge in [-0.25, -0.2) is 0 Å². The summed E-state index contributed by atoms with van der Waals surface area (Å²) in [5.74, 6) is 0. The lowest BCUT2D eigenvalue weighted by Gasteiger charge is -2.26. The van der Waals surface area contributed by atoms with Crippen LogP contribution in [-0.4, -0.2) is 6.71 Å². The molecule has 0 aromatic heterocycles. The molecule has 0 amide bonds. The van der Waals surface area contributed by atoms with E-state index in [0.717, 1.165) is 0 Å². The largest absolute Gasteiger partial charge is 0.246 e. The molecular weight excluding hydrogens is 515 g/mol. The van der Waals surface area contributed by atoms with E-state index < -0.39 is 0 Å². The summed E-state index contributed by atoms with van der Waals surface area (Å²) in [6.07, 6.45) is 0. The van der Waals surface area contributed by atoms with Crippen molar-refractivity contribution in [2.75, 3.05) is 0 Å². The Kier molecular flexibility index (Phi) is 5.40. The third-order valence-corrected chi connectivity index (χ3v) is 9.30. The van der Waals surface area contributed by atoms with Crippen molar-refractivity contribution in [2.45, 2.75) is 0 Å². The second-order valence-electron chi connectivity index (χ2n) is 11.6. The summed E-state index contributed by atoms with van der Waals surface area (Å²) in [5.41, 5.74) is 4.12. The molecule has 0 atom stereocenters. The van der Waals surface area contributed by atoms with Crippen LogP contribution in [0.25, 0.3) is 64.6 Å². The Morgan fingerprint density at radius 2 is 0.419 bits per heavy atom. The van der Waals surface area contributed by atoms with Crippen LogP contribution in [0.15, 0.2) is 164 Å². The van der Waals surface area contributed by atoms with Crippen molar-refractivity contribution in [3.63, 3.8) is 0 Å². The van der Waals surface area contributed by atoms with Gasteiger partial charge in [-0.1, -0.05) is 162 Å². The molecule has 0 bridgehead atoms. The lowest BCUT2D eigenvalue weighted by Crippen LogP contribution is -2.53. The average Bonchev–Trinajstić information content (AvgIpc) is 3.07. The molecule has 0 heterocycles. The minimum atomic E-state index is -0.0250. The highest BCUT2D eigenvalue weighted by atomic mass is 14.2. The van der Waals surface area contributed by atoms with E-state index in [2.05, 4.69) is 164 Å². The van der Waals surface area contributed by atoms with Crippen LogP contribution in [0.3, 0.4) is 0 Å². The quantitative estimate of drug-likeness (QED) is 0.154. The predicted octanol–water partition coefficient (Wildman–Crippen LogP) is 9.12. The van der Waals surface area contributed by atoms with Gasteiger partial charge in [0, 0.05) is 0 Å². The number of rotatable bonds is 3. The lowest BCUT2D eigenvalue weighted by molar-refractivity contribution is 1.76. The van der Waals surface area contributed by atoms with Gasteiger partial charge >= 0.3 is 0 Å². The number of hydrogen-bond donors (Lipinski definition) is 0. The number of hydrogen-bond acceptors (Lipinski definition) is 0. The highest BCUT2D eigenvalue weighted by Crippen LogP contribution is 2.29. The van der Waals surface area contributed by atoms with Gasteiger partial charge in [0.1, 0.15) is 0 Å². The van der Waals surface area contributed by atoms with Gasteiger partial charge < -0.3 is 0 Å². The van der Waals surface area contributed by atoms with Crippen molar-refractivity contribution < 1.29 is 0 Å². The van der Waals surface area contributed by atoms with E-state index in [1.54, 1.807) is 0 Å². The molecule has 0 spiro atoms. The standard InChI is InChI=1S/C42H27B/c1-7-19-34-28(13-1)25-29-14-2-8-20-35(29)40(34)43(41-36-21-9-3-15-30(36)26-31-16-4-10-22-37(31)41)42-38-23-11-5-17-32(38)27-33-18-6-12-24-39(33)42/h1-27H. The topological polar surface area (TPSA) is 0 Å². The molecule has 0 fully saturated rings. The molecule has 9 aromatic carbocycles. The summed E-state index contributed by atoms with van der Waals surface area (Å²) in [4.78, 5) is 0. The lowest BCUT2D eigenvalue weighted by atomic mass is 9.33. The maximum atomic E-state index is 2.35. The van der Waals surface area contributed by atoms with Crippen molar-refractivity contribution >= 4 is 87.7 Å². The molecule has 0 unspecified atom stereocenters. The highest BCUT2D eigenvalue weighted by molar-refractivity contribution is 7.03. The fourth-order valence-electron chi connectivity index (χ4n) is 7.51. The molecule has 0 N–H and O–H groups in total. The van der Waals surface area contributed by atoms with Gasteiger partial charge in [-0.2, -0.15) is 0 Å². The normalized spacial score (nSPS) is 11.7. The average molecular weight is 542 g/mol. The minimum absolute atomic E-state index is 0.0250. The van der Waals surface area contributed by atoms with E-state index in [-0.39, 0.29) is 6.71 Å². The summed E-state index contributed by atoms with van der Waals surface area (Å²) >= 11 is 0. The molecule has 9 aromatic rings. The van der Waals surface area contributed by atoms with E-state index in [4.69, 9.17) is 0 Å². The van der Waals surface area contributed by atoms with Gasteiger partial charge in [-0.3, -0.25) is 0 Å². The molecule has 0 aliphatic heterocycles. The van der Waals surface area contributed by atoms with E-state index in [1.807, 2.05) is 0 Å². The Balaban J connectivity index is 1.60. The van der Waals surface area contributed by atoms with E-state index in [9.17, 15) is 0 Å². The summed E-state index contributed by atoms with van der Waals surface area (Å²) < 4.78 is 0. The van der Waals surface area contributed by atoms with Crippen LogP contribution < -0.4 is 16.4 Å². The zero-order chi connectivity index (χ0) is 28.3. The van der Waals surface area contributed by atoms with Crippen LogP contribution >= 0.6 is 0 Å². The third-order valence-electron chi connectivity index (χ3n) is 9.30. The van der Waals surface area contributed by atoms with Gasteiger partial charge in [0.25, 0.3) is 0 Å². The van der Waals surface area contributed by atoms with Gasteiger partial charge in [0.2, 0.25) is 6.71 Å². The Morgan fingerprint density at radius 1 is 0.233 bits per heavy atom. The first-order valence-corrected chi connectivity index (χ1v) is 15.1. The van der Waals surface area contributed by atoms with Crippen LogP contribution in [-0.2, 0) is 0 Å². The van der Waals surface area contributed by atoms with Crippen molar-refractivity contribution in [3.8, 4) is 0 Å². The maximum absolute atomic E-state index is 2.35. The summed E-state index contributed by atoms with van der Waals surface area (Å²) in [5, 5.41) is 15.5. The van der Waals surface area contributed by atoms with Crippen LogP contribution in [0, 0.1) is 0 Å². The smallest absolute Gasteiger partial charge is 0.0616 e. The van der Waals surface area contributed by atoms with Crippen LogP contribution in [0.1, 0.15) is 0 Å². The Hall–Kier alpha value is -5.40. The SMILES string of the molecule is c1ccc2c(B(c3c4ccccc4cc4ccccc34)c3c4ccccc4cc4ccccc34)c3ccccc3cc2c1. The number of benzene rings is 9. The Labute approximate surface area is 250 Å². The van der Waals surface area contributed by atoms with Crippen LogP contribution in [0.5, 0.6) is 0 Å². The molecule has 1 heteroatoms. The molecule has 0 nitrogen and oxygen atoms in total. The fourth-order valence-corrected chi connectivity index (χ4v) is 7.51. The van der Waals surface area contributed by atoms with Crippen LogP contribution in [0.4, 0.5) is 0 Å². The molecule has 43 heavy (non-hydrogen) atoms. The molecule has 0 saturated heterocycles. The van der Waals surface area contributed by atoms with Crippen molar-refractivity contribution in [1.82, 2.24) is 0 Å². The molecule has 0 saturated carbocycles. The van der Waals surface area contributed by atoms with Gasteiger partial charge in [-0.05, 0) is 82.8 Å². The zero-order valence-corrected chi connectivity index (χ0v) is 23.7. The predicted molar refractivity (Wildman–Crippen MR) is 189 cm³/mol. The van der Waals surface area contributed by atoms with E-state index >= 15 is 0 Å². The fraction of sp³-hybridized carbons (Fsp3) is 0. The molecule has 198 valence electrons. The maximum Gasteiger partial charge on any atom is 0.246 e. The molecule has 0 aliphatic rings. The Morgan fingerprint density at radius 3 is 0.628 bits per heavy atom. The summed E-state index contributed by atoms with van der Waals surface area (Å²) in [6.45, 7) is -0.0250. The second kappa shape index (κ2) is 9.58. The first-order chi connectivity index (χ1) is 21.3. The minimum Gasteiger partial charge on any atom is -0.0616 e. The first kappa shape index (κ1) is 24.2. The third kappa shape index (κ3) is 3.72. The monoisotopic (exact) mass is 542 g/mol. The second-order valence-corrected chi connectivity index (χ2v) is 11.6. The summed E-state index contributed by atoms with van der Waals surface area (Å²) in [6, 6.07) is 60.8. The van der Waals surface area contributed by atoms with Gasteiger partial charge in [0.05, 0.1) is 0 Å². The van der Waals surface area contributed by atoms with E-state index in [0.29, 0.717) is 0 Å². The van der Waals surface area contributed by atoms with E-state index in [1.165, 1.54) is 81.0 Å². The highest BCUT2D eigenvalue weighted by Gasteiger charge is 2.32. The van der Waals surface area contributed by atoms with Crippen molar-refractivity contribution in [2.24, 2.45) is 0 Å². The molecular formula is C42H27B. The van der Waals surface area contributed by atoms with Gasteiger partial charge in [-0.15, -0.1) is 0 Å². The number of fused-ring (bicyclic) bond motifs is 6. The Bertz CT molecular complexity index is 2080. The molecule has 9 rings (SSSR count). The van der Waals surface area contributed by atoms with Crippen LogP contribution in [0.2, 0.25) is 0 Å². The van der Waals surface area contributed by atoms with Gasteiger partial charge in [0.15, 0.2) is 0 Å². The molecule has 0 aliphatic carbocycles. The first-order valence-electron chi connectivity index (χ1n) is 15.1. The molecule has 0 radical (unpaired) electrons. The van der Waals surface area contributed by atoms with Crippen molar-refractivity contribution in [3.05, 3.63) is 164 Å².